The van der Waals surface area contributed by atoms with Crippen LogP contribution >= 0.6 is 34.3 Å². The highest BCUT2D eigenvalue weighted by Gasteiger charge is 2.27. The number of carbonyl (C=O) groups is 1. The molecule has 1 saturated heterocycles. The van der Waals surface area contributed by atoms with Crippen LogP contribution < -0.4 is 4.90 Å². The molecular weight excluding hydrogens is 422 g/mol. The number of aryl methyl sites for hydroxylation is 1. The van der Waals surface area contributed by atoms with E-state index in [1.54, 1.807) is 11.3 Å². The summed E-state index contributed by atoms with van der Waals surface area (Å²) in [5.41, 5.74) is 2.41. The first-order valence-corrected chi connectivity index (χ1v) is 11.8. The molecule has 1 aliphatic rings. The summed E-state index contributed by atoms with van der Waals surface area (Å²) >= 11 is 9.73. The zero-order valence-electron chi connectivity index (χ0n) is 16.0. The van der Waals surface area contributed by atoms with Crippen molar-refractivity contribution in [1.82, 2.24) is 9.88 Å². The number of halogens is 1. The number of para-hydroxylation sites is 1. The van der Waals surface area contributed by atoms with Crippen LogP contribution in [0.2, 0.25) is 5.02 Å². The van der Waals surface area contributed by atoms with Gasteiger partial charge in [0.2, 0.25) is 0 Å². The number of piperazine rings is 1. The third-order valence-electron chi connectivity index (χ3n) is 5.44. The molecular formula is C22H20ClN3OS2. The van der Waals surface area contributed by atoms with Crippen LogP contribution in [0.15, 0.2) is 42.5 Å². The fourth-order valence-corrected chi connectivity index (χ4v) is 6.36. The van der Waals surface area contributed by atoms with Crippen LogP contribution in [0.1, 0.15) is 22.2 Å². The first-order valence-electron chi connectivity index (χ1n) is 9.75. The van der Waals surface area contributed by atoms with Gasteiger partial charge in [0.15, 0.2) is 5.13 Å². The topological polar surface area (TPSA) is 36.4 Å². The Morgan fingerprint density at radius 3 is 2.55 bits per heavy atom. The van der Waals surface area contributed by atoms with Crippen LogP contribution in [-0.2, 0) is 6.42 Å². The lowest BCUT2D eigenvalue weighted by Crippen LogP contribution is -2.48. The number of amides is 1. The third-order valence-corrected chi connectivity index (χ3v) is 8.18. The Morgan fingerprint density at radius 2 is 1.79 bits per heavy atom. The number of hydrogen-bond donors (Lipinski definition) is 0. The number of thiophene rings is 1. The Labute approximate surface area is 182 Å². The van der Waals surface area contributed by atoms with Gasteiger partial charge in [-0.1, -0.05) is 60.2 Å². The van der Waals surface area contributed by atoms with E-state index in [1.165, 1.54) is 21.6 Å². The fourth-order valence-electron chi connectivity index (χ4n) is 3.81. The number of hydrogen-bond acceptors (Lipinski definition) is 5. The van der Waals surface area contributed by atoms with Gasteiger partial charge in [-0.25, -0.2) is 4.98 Å². The van der Waals surface area contributed by atoms with Gasteiger partial charge in [-0.3, -0.25) is 4.79 Å². The molecule has 0 bridgehead atoms. The fraction of sp³-hybridized carbons (Fsp3) is 0.273. The molecule has 0 N–H and O–H groups in total. The molecule has 4 nitrogen and oxygen atoms in total. The van der Waals surface area contributed by atoms with Crippen molar-refractivity contribution in [3.8, 4) is 0 Å². The van der Waals surface area contributed by atoms with Crippen LogP contribution in [0.3, 0.4) is 0 Å². The second kappa shape index (κ2) is 7.59. The molecule has 5 rings (SSSR count). The van der Waals surface area contributed by atoms with Crippen LogP contribution in [-0.4, -0.2) is 42.0 Å². The summed E-state index contributed by atoms with van der Waals surface area (Å²) in [6, 6.07) is 14.3. The van der Waals surface area contributed by atoms with E-state index in [1.807, 2.05) is 29.2 Å². The smallest absolute Gasteiger partial charge is 0.265 e. The minimum Gasteiger partial charge on any atom is -0.345 e. The van der Waals surface area contributed by atoms with Crippen molar-refractivity contribution in [2.75, 3.05) is 31.1 Å². The van der Waals surface area contributed by atoms with Crippen molar-refractivity contribution in [3.63, 3.8) is 0 Å². The van der Waals surface area contributed by atoms with Gasteiger partial charge in [0, 0.05) is 36.3 Å². The quantitative estimate of drug-likeness (QED) is 0.409. The Kier molecular flexibility index (Phi) is 4.94. The van der Waals surface area contributed by atoms with Gasteiger partial charge in [-0.15, -0.1) is 11.3 Å². The van der Waals surface area contributed by atoms with Gasteiger partial charge < -0.3 is 9.80 Å². The molecule has 0 atom stereocenters. The molecule has 4 aromatic rings. The first kappa shape index (κ1) is 18.9. The summed E-state index contributed by atoms with van der Waals surface area (Å²) < 4.78 is 2.29. The number of aromatic nitrogens is 1. The van der Waals surface area contributed by atoms with Crippen molar-refractivity contribution in [3.05, 3.63) is 57.9 Å². The van der Waals surface area contributed by atoms with Crippen LogP contribution in [0.5, 0.6) is 0 Å². The highest BCUT2D eigenvalue weighted by Crippen LogP contribution is 2.36. The molecule has 0 aliphatic carbocycles. The van der Waals surface area contributed by atoms with E-state index < -0.39 is 0 Å². The Balaban J connectivity index is 1.33. The molecule has 1 amide bonds. The zero-order chi connectivity index (χ0) is 20.0. The molecule has 2 aromatic carbocycles. The zero-order valence-corrected chi connectivity index (χ0v) is 18.4. The summed E-state index contributed by atoms with van der Waals surface area (Å²) in [5, 5.41) is 2.59. The van der Waals surface area contributed by atoms with E-state index in [0.29, 0.717) is 23.0 Å². The SMILES string of the molecule is CCc1cccc2sc(N3CCN(C(=O)c4sc5ccccc5c4Cl)CC3)nc12. The predicted molar refractivity (Wildman–Crippen MR) is 124 cm³/mol. The number of thiazole rings is 1. The molecule has 0 radical (unpaired) electrons. The van der Waals surface area contributed by atoms with E-state index in [4.69, 9.17) is 16.6 Å². The van der Waals surface area contributed by atoms with Crippen LogP contribution in [0, 0.1) is 0 Å². The van der Waals surface area contributed by atoms with Crippen LogP contribution in [0.25, 0.3) is 20.3 Å². The highest BCUT2D eigenvalue weighted by molar-refractivity contribution is 7.22. The van der Waals surface area contributed by atoms with Gasteiger partial charge in [-0.2, -0.15) is 0 Å². The summed E-state index contributed by atoms with van der Waals surface area (Å²) in [6.07, 6.45) is 0.985. The number of nitrogens with zero attached hydrogens (tertiary/aromatic N) is 3. The minimum atomic E-state index is 0.0356. The monoisotopic (exact) mass is 441 g/mol. The number of fused-ring (bicyclic) bond motifs is 2. The predicted octanol–water partition coefficient (Wildman–Crippen LogP) is 5.69. The Bertz CT molecular complexity index is 1210. The Hall–Kier alpha value is -2.15. The molecule has 29 heavy (non-hydrogen) atoms. The van der Waals surface area contributed by atoms with Gasteiger partial charge in [-0.05, 0) is 24.1 Å². The van der Waals surface area contributed by atoms with E-state index in [9.17, 15) is 4.79 Å². The van der Waals surface area contributed by atoms with Crippen molar-refractivity contribution < 1.29 is 4.79 Å². The lowest BCUT2D eigenvalue weighted by Gasteiger charge is -2.34. The van der Waals surface area contributed by atoms with E-state index >= 15 is 0 Å². The minimum absolute atomic E-state index is 0.0356. The van der Waals surface area contributed by atoms with E-state index in [0.717, 1.165) is 40.2 Å². The van der Waals surface area contributed by atoms with Crippen molar-refractivity contribution in [1.29, 1.82) is 0 Å². The molecule has 1 aliphatic heterocycles. The number of anilines is 1. The number of benzene rings is 2. The molecule has 7 heteroatoms. The van der Waals surface area contributed by atoms with E-state index in [-0.39, 0.29) is 5.91 Å². The van der Waals surface area contributed by atoms with Gasteiger partial charge in [0.1, 0.15) is 4.88 Å². The van der Waals surface area contributed by atoms with E-state index in [2.05, 4.69) is 30.0 Å². The second-order valence-electron chi connectivity index (χ2n) is 7.13. The number of rotatable bonds is 3. The van der Waals surface area contributed by atoms with Crippen LogP contribution in [0.4, 0.5) is 5.13 Å². The maximum atomic E-state index is 13.1. The van der Waals surface area contributed by atoms with Gasteiger partial charge >= 0.3 is 0 Å². The molecule has 0 unspecified atom stereocenters. The molecule has 1 fully saturated rings. The van der Waals surface area contributed by atoms with Gasteiger partial charge in [0.25, 0.3) is 5.91 Å². The lowest BCUT2D eigenvalue weighted by molar-refractivity contribution is 0.0752. The molecule has 2 aromatic heterocycles. The second-order valence-corrected chi connectivity index (χ2v) is 9.57. The summed E-state index contributed by atoms with van der Waals surface area (Å²) in [6.45, 7) is 5.10. The lowest BCUT2D eigenvalue weighted by atomic mass is 10.1. The summed E-state index contributed by atoms with van der Waals surface area (Å²) in [5.74, 6) is 0.0356. The largest absolute Gasteiger partial charge is 0.345 e. The average Bonchev–Trinajstić information content (AvgIpc) is 3.35. The van der Waals surface area contributed by atoms with Gasteiger partial charge in [0.05, 0.1) is 15.2 Å². The van der Waals surface area contributed by atoms with Crippen molar-refractivity contribution in [2.24, 2.45) is 0 Å². The molecule has 0 saturated carbocycles. The van der Waals surface area contributed by atoms with Crippen molar-refractivity contribution >= 4 is 65.6 Å². The first-order chi connectivity index (χ1) is 14.2. The maximum absolute atomic E-state index is 13.1. The maximum Gasteiger partial charge on any atom is 0.265 e. The summed E-state index contributed by atoms with van der Waals surface area (Å²) in [7, 11) is 0. The highest BCUT2D eigenvalue weighted by atomic mass is 35.5. The van der Waals surface area contributed by atoms with Crippen molar-refractivity contribution in [2.45, 2.75) is 13.3 Å². The normalized spacial score (nSPS) is 14.8. The summed E-state index contributed by atoms with van der Waals surface area (Å²) in [4.78, 5) is 22.8. The average molecular weight is 442 g/mol. The standard InChI is InChI=1S/C22H20ClN3OS2/c1-2-14-6-5-9-17-19(14)24-22(29-17)26-12-10-25(11-13-26)21(27)20-18(23)15-7-3-4-8-16(15)28-20/h3-9H,2,10-13H2,1H3. The Morgan fingerprint density at radius 1 is 1.03 bits per heavy atom. The third kappa shape index (κ3) is 3.29. The molecule has 3 heterocycles. The number of carbonyl (C=O) groups excluding carboxylic acids is 1. The molecule has 0 spiro atoms. The molecule has 148 valence electrons.